The highest BCUT2D eigenvalue weighted by atomic mass is 16.5. The van der Waals surface area contributed by atoms with E-state index in [2.05, 4.69) is 5.32 Å². The summed E-state index contributed by atoms with van der Waals surface area (Å²) in [5.41, 5.74) is 5.94. The third-order valence-corrected chi connectivity index (χ3v) is 3.86. The van der Waals surface area contributed by atoms with Crippen LogP contribution in [0.2, 0.25) is 0 Å². The molecule has 2 amide bonds. The van der Waals surface area contributed by atoms with Gasteiger partial charge in [0.05, 0.1) is 25.6 Å². The van der Waals surface area contributed by atoms with Crippen molar-refractivity contribution in [3.05, 3.63) is 35.9 Å². The van der Waals surface area contributed by atoms with Gasteiger partial charge in [-0.2, -0.15) is 0 Å². The zero-order valence-corrected chi connectivity index (χ0v) is 16.2. The lowest BCUT2D eigenvalue weighted by molar-refractivity contribution is -0.157. The second-order valence-electron chi connectivity index (χ2n) is 5.78. The molecule has 28 heavy (non-hydrogen) atoms. The monoisotopic (exact) mass is 394 g/mol. The van der Waals surface area contributed by atoms with E-state index < -0.39 is 48.2 Å². The average Bonchev–Trinajstić information content (AvgIpc) is 2.66. The van der Waals surface area contributed by atoms with Crippen LogP contribution in [0.4, 0.5) is 0 Å². The minimum atomic E-state index is -1.47. The summed E-state index contributed by atoms with van der Waals surface area (Å²) >= 11 is 0. The maximum atomic E-state index is 12.7. The van der Waals surface area contributed by atoms with Crippen LogP contribution in [-0.2, 0) is 33.4 Å². The number of nitrogens with one attached hydrogen (secondary N) is 1. The first-order valence-corrected chi connectivity index (χ1v) is 8.85. The highest BCUT2D eigenvalue weighted by Gasteiger charge is 2.38. The van der Waals surface area contributed by atoms with Gasteiger partial charge in [-0.1, -0.05) is 30.3 Å². The molecule has 0 unspecified atom stereocenters. The highest BCUT2D eigenvalue weighted by Crippen LogP contribution is 2.19. The van der Waals surface area contributed by atoms with Gasteiger partial charge in [0.1, 0.15) is 6.04 Å². The average molecular weight is 394 g/mol. The largest absolute Gasteiger partial charge is 0.466 e. The lowest BCUT2D eigenvalue weighted by atomic mass is 9.94. The molecule has 1 aromatic rings. The topological polar surface area (TPSA) is 134 Å². The molecule has 9 nitrogen and oxygen atoms in total. The van der Waals surface area contributed by atoms with E-state index in [-0.39, 0.29) is 13.2 Å². The molecule has 0 saturated heterocycles. The summed E-state index contributed by atoms with van der Waals surface area (Å²) in [5.74, 6) is -4.55. The van der Waals surface area contributed by atoms with E-state index in [1.165, 1.54) is 7.11 Å². The molecule has 0 aliphatic rings. The Morgan fingerprint density at radius 3 is 2.14 bits per heavy atom. The summed E-state index contributed by atoms with van der Waals surface area (Å²) in [4.78, 5) is 48.8. The summed E-state index contributed by atoms with van der Waals surface area (Å²) in [6.45, 7) is 3.31. The fraction of sp³-hybridized carbons (Fsp3) is 0.474. The normalized spacial score (nSPS) is 13.7. The van der Waals surface area contributed by atoms with Crippen molar-refractivity contribution in [3.8, 4) is 0 Å². The Bertz CT molecular complexity index is 678. The predicted molar refractivity (Wildman–Crippen MR) is 98.7 cm³/mol. The molecule has 0 spiro atoms. The van der Waals surface area contributed by atoms with Gasteiger partial charge < -0.3 is 25.3 Å². The second kappa shape index (κ2) is 11.7. The van der Waals surface area contributed by atoms with Crippen molar-refractivity contribution < 1.29 is 33.4 Å². The van der Waals surface area contributed by atoms with Crippen LogP contribution in [0.3, 0.4) is 0 Å². The lowest BCUT2D eigenvalue weighted by Gasteiger charge is -2.25. The van der Waals surface area contributed by atoms with Crippen LogP contribution in [0.1, 0.15) is 31.9 Å². The molecule has 154 valence electrons. The van der Waals surface area contributed by atoms with E-state index in [0.29, 0.717) is 5.56 Å². The SMILES string of the molecule is CCOC(=O)C[C@H](C(=O)OCC)[C@@H](NC(=O)[C@@H](OC)c1ccccc1)C(N)=O. The van der Waals surface area contributed by atoms with E-state index in [4.69, 9.17) is 19.9 Å². The van der Waals surface area contributed by atoms with Crippen molar-refractivity contribution in [2.24, 2.45) is 11.7 Å². The highest BCUT2D eigenvalue weighted by molar-refractivity contribution is 5.94. The molecule has 0 radical (unpaired) electrons. The molecule has 9 heteroatoms. The second-order valence-corrected chi connectivity index (χ2v) is 5.78. The first kappa shape index (κ1) is 23.1. The van der Waals surface area contributed by atoms with Crippen molar-refractivity contribution in [2.75, 3.05) is 20.3 Å². The third-order valence-electron chi connectivity index (χ3n) is 3.86. The number of carbonyl (C=O) groups is 4. The van der Waals surface area contributed by atoms with E-state index in [1.807, 2.05) is 0 Å². The first-order valence-electron chi connectivity index (χ1n) is 8.85. The fourth-order valence-corrected chi connectivity index (χ4v) is 2.61. The number of hydrogen-bond acceptors (Lipinski definition) is 7. The number of carbonyl (C=O) groups excluding carboxylic acids is 4. The Morgan fingerprint density at radius 1 is 1.04 bits per heavy atom. The minimum absolute atomic E-state index is 0.0301. The standard InChI is InChI=1S/C19H26N2O7/c1-4-27-14(22)11-13(19(25)28-5-2)15(17(20)23)21-18(24)16(26-3)12-9-7-6-8-10-12/h6-10,13,15-16H,4-5,11H2,1-3H3,(H2,20,23)(H,21,24)/t13-,15+,16-/m0/s1. The Hall–Kier alpha value is -2.94. The van der Waals surface area contributed by atoms with Crippen molar-refractivity contribution >= 4 is 23.8 Å². The summed E-state index contributed by atoms with van der Waals surface area (Å²) in [6, 6.07) is 7.10. The fourth-order valence-electron chi connectivity index (χ4n) is 2.61. The summed E-state index contributed by atoms with van der Waals surface area (Å²) in [6.07, 6.45) is -1.50. The van der Waals surface area contributed by atoms with Gasteiger partial charge in [-0.3, -0.25) is 19.2 Å². The molecule has 0 aliphatic heterocycles. The molecule has 0 fully saturated rings. The third kappa shape index (κ3) is 6.66. The van der Waals surface area contributed by atoms with Gasteiger partial charge in [0, 0.05) is 7.11 Å². The molecule has 0 aliphatic carbocycles. The Balaban J connectivity index is 3.08. The van der Waals surface area contributed by atoms with E-state index in [0.717, 1.165) is 0 Å². The molecule has 3 atom stereocenters. The smallest absolute Gasteiger partial charge is 0.312 e. The first-order chi connectivity index (χ1) is 13.3. The number of rotatable bonds is 11. The number of amides is 2. The van der Waals surface area contributed by atoms with Crippen LogP contribution in [0.15, 0.2) is 30.3 Å². The molecular weight excluding hydrogens is 368 g/mol. The van der Waals surface area contributed by atoms with Crippen LogP contribution in [0.5, 0.6) is 0 Å². The van der Waals surface area contributed by atoms with Gasteiger partial charge in [-0.25, -0.2) is 0 Å². The minimum Gasteiger partial charge on any atom is -0.466 e. The molecule has 0 aromatic heterocycles. The maximum absolute atomic E-state index is 12.7. The molecular formula is C19H26N2O7. The van der Waals surface area contributed by atoms with Crippen LogP contribution in [-0.4, -0.2) is 50.1 Å². The maximum Gasteiger partial charge on any atom is 0.312 e. The van der Waals surface area contributed by atoms with Gasteiger partial charge in [-0.15, -0.1) is 0 Å². The molecule has 0 bridgehead atoms. The summed E-state index contributed by atoms with van der Waals surface area (Å²) < 4.78 is 15.0. The van der Waals surface area contributed by atoms with Gasteiger partial charge in [0.2, 0.25) is 5.91 Å². The van der Waals surface area contributed by atoms with Crippen LogP contribution >= 0.6 is 0 Å². The Kier molecular flexibility index (Phi) is 9.66. The zero-order valence-electron chi connectivity index (χ0n) is 16.2. The number of nitrogens with two attached hydrogens (primary N) is 1. The summed E-state index contributed by atoms with van der Waals surface area (Å²) in [7, 11) is 1.33. The van der Waals surface area contributed by atoms with Crippen molar-refractivity contribution in [1.29, 1.82) is 0 Å². The molecule has 0 saturated carbocycles. The van der Waals surface area contributed by atoms with Crippen molar-refractivity contribution in [1.82, 2.24) is 5.32 Å². The number of primary amides is 1. The van der Waals surface area contributed by atoms with Gasteiger partial charge >= 0.3 is 11.9 Å². The number of methoxy groups -OCH3 is 1. The predicted octanol–water partition coefficient (Wildman–Crippen LogP) is 0.477. The van der Waals surface area contributed by atoms with Gasteiger partial charge in [-0.05, 0) is 19.4 Å². The van der Waals surface area contributed by atoms with Gasteiger partial charge in [0.25, 0.3) is 5.91 Å². The van der Waals surface area contributed by atoms with Crippen molar-refractivity contribution in [3.63, 3.8) is 0 Å². The molecule has 1 rings (SSSR count). The van der Waals surface area contributed by atoms with Crippen LogP contribution in [0.25, 0.3) is 0 Å². The summed E-state index contributed by atoms with van der Waals surface area (Å²) in [5, 5.41) is 2.41. The van der Waals surface area contributed by atoms with E-state index in [1.54, 1.807) is 44.2 Å². The van der Waals surface area contributed by atoms with Crippen molar-refractivity contribution in [2.45, 2.75) is 32.4 Å². The number of hydrogen-bond donors (Lipinski definition) is 2. The van der Waals surface area contributed by atoms with E-state index in [9.17, 15) is 19.2 Å². The van der Waals surface area contributed by atoms with Gasteiger partial charge in [0.15, 0.2) is 6.10 Å². The quantitative estimate of drug-likeness (QED) is 0.521. The lowest BCUT2D eigenvalue weighted by Crippen LogP contribution is -2.53. The number of ether oxygens (including phenoxy) is 3. The molecule has 1 aromatic carbocycles. The Morgan fingerprint density at radius 2 is 1.64 bits per heavy atom. The number of esters is 2. The number of benzene rings is 1. The zero-order chi connectivity index (χ0) is 21.1. The Labute approximate surface area is 163 Å². The molecule has 0 heterocycles. The molecule has 3 N–H and O–H groups in total. The van der Waals surface area contributed by atoms with Crippen LogP contribution in [0, 0.1) is 5.92 Å². The van der Waals surface area contributed by atoms with E-state index >= 15 is 0 Å². The van der Waals surface area contributed by atoms with Crippen LogP contribution < -0.4 is 11.1 Å².